The van der Waals surface area contributed by atoms with Gasteiger partial charge in [0.2, 0.25) is 0 Å². The predicted octanol–water partition coefficient (Wildman–Crippen LogP) is 3.75. The van der Waals surface area contributed by atoms with Gasteiger partial charge in [0.1, 0.15) is 18.2 Å². The number of benzene rings is 2. The van der Waals surface area contributed by atoms with Crippen LogP contribution in [0.4, 0.5) is 0 Å². The first-order chi connectivity index (χ1) is 14.2. The predicted molar refractivity (Wildman–Crippen MR) is 116 cm³/mol. The van der Waals surface area contributed by atoms with E-state index in [0.717, 1.165) is 41.7 Å². The number of halogens is 1. The monoisotopic (exact) mass is 457 g/mol. The van der Waals surface area contributed by atoms with Crippen LogP contribution in [0.1, 0.15) is 18.7 Å². The van der Waals surface area contributed by atoms with Crippen LogP contribution in [0.25, 0.3) is 10.9 Å². The Morgan fingerprint density at radius 1 is 1.21 bits per heavy atom. The van der Waals surface area contributed by atoms with E-state index < -0.39 is 0 Å². The van der Waals surface area contributed by atoms with E-state index >= 15 is 0 Å². The van der Waals surface area contributed by atoms with E-state index in [1.165, 1.54) is 0 Å². The first-order valence-corrected chi connectivity index (χ1v) is 10.7. The molecule has 1 atom stereocenters. The fourth-order valence-corrected chi connectivity index (χ4v) is 3.82. The molecule has 4 rings (SSSR count). The number of nitrogens with one attached hydrogen (secondary N) is 1. The normalized spacial score (nSPS) is 16.6. The summed E-state index contributed by atoms with van der Waals surface area (Å²) in [6.45, 7) is 3.42. The van der Waals surface area contributed by atoms with Gasteiger partial charge in [-0.25, -0.2) is 4.98 Å². The van der Waals surface area contributed by atoms with Crippen molar-refractivity contribution >= 4 is 26.8 Å². The lowest BCUT2D eigenvalue weighted by Crippen LogP contribution is -2.36. The molecule has 6 nitrogen and oxygen atoms in total. The zero-order valence-corrected chi connectivity index (χ0v) is 17.7. The number of hydrogen-bond acceptors (Lipinski definition) is 5. The Hall–Kier alpha value is -2.22. The molecule has 1 unspecified atom stereocenters. The van der Waals surface area contributed by atoms with Crippen LogP contribution in [0.5, 0.6) is 5.75 Å². The zero-order chi connectivity index (χ0) is 20.1. The summed E-state index contributed by atoms with van der Waals surface area (Å²) in [7, 11) is 0. The Morgan fingerprint density at radius 3 is 2.83 bits per heavy atom. The van der Waals surface area contributed by atoms with Crippen LogP contribution in [-0.2, 0) is 11.3 Å². The number of H-pyrrole nitrogens is 1. The SMILES string of the molecule is O=c1[nH]c(CN(CCOc2ccc(Br)cc2)CC2CCCO2)nc2ccccc12. The van der Waals surface area contributed by atoms with Gasteiger partial charge < -0.3 is 14.5 Å². The zero-order valence-electron chi connectivity index (χ0n) is 16.1. The summed E-state index contributed by atoms with van der Waals surface area (Å²) in [6.07, 6.45) is 2.37. The molecule has 3 aromatic rings. The fourth-order valence-electron chi connectivity index (χ4n) is 3.56. The Morgan fingerprint density at radius 2 is 2.03 bits per heavy atom. The number of para-hydroxylation sites is 1. The Bertz CT molecular complexity index is 1000. The van der Waals surface area contributed by atoms with Crippen molar-refractivity contribution in [1.82, 2.24) is 14.9 Å². The number of hydrogen-bond donors (Lipinski definition) is 1. The third-order valence-electron chi connectivity index (χ3n) is 5.01. The van der Waals surface area contributed by atoms with Crippen LogP contribution < -0.4 is 10.3 Å². The quantitative estimate of drug-likeness (QED) is 0.557. The lowest BCUT2D eigenvalue weighted by molar-refractivity contribution is 0.0645. The van der Waals surface area contributed by atoms with Gasteiger partial charge in [-0.1, -0.05) is 28.1 Å². The smallest absolute Gasteiger partial charge is 0.258 e. The van der Waals surface area contributed by atoms with Crippen molar-refractivity contribution < 1.29 is 9.47 Å². The van der Waals surface area contributed by atoms with Crippen molar-refractivity contribution in [3.63, 3.8) is 0 Å². The van der Waals surface area contributed by atoms with Gasteiger partial charge >= 0.3 is 0 Å². The highest BCUT2D eigenvalue weighted by Gasteiger charge is 2.20. The molecule has 2 aromatic carbocycles. The van der Waals surface area contributed by atoms with E-state index in [4.69, 9.17) is 9.47 Å². The van der Waals surface area contributed by atoms with Gasteiger partial charge in [0.25, 0.3) is 5.56 Å². The molecular formula is C22H24BrN3O3. The molecule has 1 N–H and O–H groups in total. The number of nitrogens with zero attached hydrogens (tertiary/aromatic N) is 2. The Balaban J connectivity index is 1.44. The van der Waals surface area contributed by atoms with Crippen molar-refractivity contribution in [2.75, 3.05) is 26.3 Å². The molecule has 1 aliphatic heterocycles. The number of fused-ring (bicyclic) bond motifs is 1. The second kappa shape index (κ2) is 9.52. The average Bonchev–Trinajstić information content (AvgIpc) is 3.22. The van der Waals surface area contributed by atoms with E-state index in [0.29, 0.717) is 30.9 Å². The molecule has 152 valence electrons. The molecule has 0 bridgehead atoms. The fraction of sp³-hybridized carbons (Fsp3) is 0.364. The van der Waals surface area contributed by atoms with Crippen LogP contribution in [0.2, 0.25) is 0 Å². The van der Waals surface area contributed by atoms with Crippen molar-refractivity contribution in [3.8, 4) is 5.75 Å². The molecule has 1 aliphatic rings. The largest absolute Gasteiger partial charge is 0.492 e. The highest BCUT2D eigenvalue weighted by atomic mass is 79.9. The summed E-state index contributed by atoms with van der Waals surface area (Å²) >= 11 is 3.43. The molecule has 1 saturated heterocycles. The number of rotatable bonds is 8. The minimum Gasteiger partial charge on any atom is -0.492 e. The molecule has 0 spiro atoms. The maximum atomic E-state index is 12.4. The summed E-state index contributed by atoms with van der Waals surface area (Å²) < 4.78 is 12.7. The van der Waals surface area contributed by atoms with Crippen LogP contribution in [0.3, 0.4) is 0 Å². The first kappa shape index (κ1) is 20.1. The van der Waals surface area contributed by atoms with Gasteiger partial charge in [0.15, 0.2) is 0 Å². The standard InChI is InChI=1S/C22H24BrN3O3/c23-16-7-9-17(10-8-16)29-13-11-26(14-18-4-3-12-28-18)15-21-24-20-6-2-1-5-19(20)22(27)25-21/h1-2,5-10,18H,3-4,11-15H2,(H,24,25,27). The van der Waals surface area contributed by atoms with E-state index in [2.05, 4.69) is 30.8 Å². The molecule has 29 heavy (non-hydrogen) atoms. The summed E-state index contributed by atoms with van der Waals surface area (Å²) in [5.41, 5.74) is 0.614. The second-order valence-electron chi connectivity index (χ2n) is 7.20. The number of aromatic amines is 1. The Kier molecular flexibility index (Phi) is 6.59. The summed E-state index contributed by atoms with van der Waals surface area (Å²) in [5, 5.41) is 0.612. The van der Waals surface area contributed by atoms with E-state index in [1.807, 2.05) is 42.5 Å². The van der Waals surface area contributed by atoms with Gasteiger partial charge in [0.05, 0.1) is 23.6 Å². The maximum absolute atomic E-state index is 12.4. The highest BCUT2D eigenvalue weighted by Crippen LogP contribution is 2.17. The van der Waals surface area contributed by atoms with Crippen molar-refractivity contribution in [3.05, 3.63) is 69.2 Å². The van der Waals surface area contributed by atoms with Gasteiger partial charge in [-0.15, -0.1) is 0 Å². The van der Waals surface area contributed by atoms with Crippen LogP contribution >= 0.6 is 15.9 Å². The van der Waals surface area contributed by atoms with Crippen LogP contribution in [0, 0.1) is 0 Å². The van der Waals surface area contributed by atoms with Gasteiger partial charge in [-0.05, 0) is 49.2 Å². The van der Waals surface area contributed by atoms with Crippen LogP contribution in [-0.4, -0.2) is 47.3 Å². The van der Waals surface area contributed by atoms with Crippen molar-refractivity contribution in [1.29, 1.82) is 0 Å². The summed E-state index contributed by atoms with van der Waals surface area (Å²) in [5.74, 6) is 1.50. The van der Waals surface area contributed by atoms with Crippen LogP contribution in [0.15, 0.2) is 57.8 Å². The minimum absolute atomic E-state index is 0.103. The summed E-state index contributed by atoms with van der Waals surface area (Å²) in [6, 6.07) is 15.2. The van der Waals surface area contributed by atoms with Gasteiger partial charge in [-0.2, -0.15) is 0 Å². The lowest BCUT2D eigenvalue weighted by atomic mass is 10.2. The third kappa shape index (κ3) is 5.44. The van der Waals surface area contributed by atoms with Gasteiger partial charge in [-0.3, -0.25) is 9.69 Å². The minimum atomic E-state index is -0.103. The molecule has 0 amide bonds. The third-order valence-corrected chi connectivity index (χ3v) is 5.54. The topological polar surface area (TPSA) is 67.5 Å². The average molecular weight is 458 g/mol. The molecule has 0 saturated carbocycles. The van der Waals surface area contributed by atoms with E-state index in [1.54, 1.807) is 6.07 Å². The molecule has 0 aliphatic carbocycles. The first-order valence-electron chi connectivity index (χ1n) is 9.87. The molecular weight excluding hydrogens is 434 g/mol. The molecule has 2 heterocycles. The molecule has 7 heteroatoms. The number of aromatic nitrogens is 2. The molecule has 1 fully saturated rings. The van der Waals surface area contributed by atoms with Crippen molar-refractivity contribution in [2.24, 2.45) is 0 Å². The van der Waals surface area contributed by atoms with E-state index in [-0.39, 0.29) is 11.7 Å². The molecule has 1 aromatic heterocycles. The van der Waals surface area contributed by atoms with Gasteiger partial charge in [0, 0.05) is 24.2 Å². The lowest BCUT2D eigenvalue weighted by Gasteiger charge is -2.24. The number of ether oxygens (including phenoxy) is 2. The summed E-state index contributed by atoms with van der Waals surface area (Å²) in [4.78, 5) is 22.2. The second-order valence-corrected chi connectivity index (χ2v) is 8.12. The highest BCUT2D eigenvalue weighted by molar-refractivity contribution is 9.10. The van der Waals surface area contributed by atoms with E-state index in [9.17, 15) is 4.79 Å². The molecule has 0 radical (unpaired) electrons. The van der Waals surface area contributed by atoms with Crippen molar-refractivity contribution in [2.45, 2.75) is 25.5 Å². The Labute approximate surface area is 178 Å². The maximum Gasteiger partial charge on any atom is 0.258 e.